The molecule has 0 N–H and O–H groups in total. The first-order valence-electron chi connectivity index (χ1n) is 18.9. The van der Waals surface area contributed by atoms with Crippen molar-refractivity contribution >= 4 is 28.9 Å². The van der Waals surface area contributed by atoms with Crippen LogP contribution < -0.4 is 0 Å². The first-order chi connectivity index (χ1) is 20.7. The number of rotatable bonds is 37. The normalized spacial score (nSPS) is 13.1. The summed E-state index contributed by atoms with van der Waals surface area (Å²) in [4.78, 5) is 0. The second-order valence-electron chi connectivity index (χ2n) is 12.8. The summed E-state index contributed by atoms with van der Waals surface area (Å²) >= 11 is 9.21. The standard InChI is InChI=1S/C36H75O2PS2.Mo/c1-3-5-7-9-11-13-15-17-19-21-23-25-27-29-31-33-35-38-39(37,40)41-36-34-32-30-28-26-24-22-20-18-16-14-12-10-8-6-4-2;/h3-36H2,1-2H3,(H,37,40);/q;+1/p-1. The topological polar surface area (TPSA) is 18.5 Å². The van der Waals surface area contributed by atoms with Crippen molar-refractivity contribution in [2.24, 2.45) is 0 Å². The number of unbranched alkanes of at least 4 members (excludes halogenated alkanes) is 30. The van der Waals surface area contributed by atoms with E-state index >= 15 is 0 Å². The van der Waals surface area contributed by atoms with Crippen molar-refractivity contribution < 1.29 is 27.9 Å². The van der Waals surface area contributed by atoms with Crippen LogP contribution in [0.1, 0.15) is 219 Å². The summed E-state index contributed by atoms with van der Waals surface area (Å²) in [5.41, 5.74) is -2.13. The van der Waals surface area contributed by atoms with E-state index in [0.717, 1.165) is 18.8 Å². The molecule has 0 spiro atoms. The molecule has 1 unspecified atom stereocenters. The average Bonchev–Trinajstić information content (AvgIpc) is 3.00. The quantitative estimate of drug-likeness (QED) is 0.0360. The van der Waals surface area contributed by atoms with Crippen molar-refractivity contribution in [1.82, 2.24) is 0 Å². The molecule has 0 aromatic carbocycles. The van der Waals surface area contributed by atoms with Gasteiger partial charge in [0, 0.05) is 0 Å². The van der Waals surface area contributed by atoms with E-state index in [1.54, 1.807) is 31.6 Å². The molecule has 0 aliphatic carbocycles. The molecule has 0 saturated carbocycles. The predicted molar refractivity (Wildman–Crippen MR) is 193 cm³/mol. The Balaban J connectivity index is 3.38. The average molecular weight is 730 g/mol. The molecule has 0 radical (unpaired) electrons. The SMILES string of the molecule is CCCCCCCCCCCCCCCCCCOP(=S)([O][Mo])SCCCCCCCCCCCCCCCCCC. The molecule has 0 saturated heterocycles. The van der Waals surface area contributed by atoms with E-state index in [1.165, 1.54) is 199 Å². The van der Waals surface area contributed by atoms with Crippen LogP contribution >= 0.6 is 17.1 Å². The third kappa shape index (κ3) is 34.5. The van der Waals surface area contributed by atoms with Gasteiger partial charge in [-0.2, -0.15) is 0 Å². The van der Waals surface area contributed by atoms with Crippen molar-refractivity contribution in [3.05, 3.63) is 0 Å². The Hall–Kier alpha value is 1.61. The van der Waals surface area contributed by atoms with Gasteiger partial charge in [-0.3, -0.25) is 0 Å². The fraction of sp³-hybridized carbons (Fsp3) is 1.00. The molecule has 0 aliphatic heterocycles. The second-order valence-corrected chi connectivity index (χ2v) is 20.2. The molecule has 42 heavy (non-hydrogen) atoms. The first-order valence-corrected chi connectivity index (χ1v) is 23.9. The zero-order valence-electron chi connectivity index (χ0n) is 28.5. The van der Waals surface area contributed by atoms with E-state index in [2.05, 4.69) is 13.8 Å². The van der Waals surface area contributed by atoms with Crippen LogP contribution in [0.5, 0.6) is 0 Å². The van der Waals surface area contributed by atoms with Gasteiger partial charge >= 0.3 is 172 Å². The van der Waals surface area contributed by atoms with Crippen molar-refractivity contribution in [2.45, 2.75) is 219 Å². The van der Waals surface area contributed by atoms with Gasteiger partial charge in [0.1, 0.15) is 0 Å². The van der Waals surface area contributed by atoms with Gasteiger partial charge in [-0.05, 0) is 0 Å². The van der Waals surface area contributed by atoms with Gasteiger partial charge < -0.3 is 0 Å². The maximum atomic E-state index is 6.10. The Kier molecular flexibility index (Phi) is 38.5. The molecule has 0 rings (SSSR count). The van der Waals surface area contributed by atoms with Crippen LogP contribution in [0, 0.1) is 0 Å². The summed E-state index contributed by atoms with van der Waals surface area (Å²) in [5, 5.41) is 0. The maximum absolute atomic E-state index is 6.10. The minimum atomic E-state index is -2.13. The van der Waals surface area contributed by atoms with Crippen molar-refractivity contribution in [1.29, 1.82) is 0 Å². The van der Waals surface area contributed by atoms with Gasteiger partial charge in [0.2, 0.25) is 0 Å². The van der Waals surface area contributed by atoms with Crippen molar-refractivity contribution in [3.63, 3.8) is 0 Å². The third-order valence-corrected chi connectivity index (χ3v) is 16.6. The van der Waals surface area contributed by atoms with E-state index in [0.29, 0.717) is 0 Å². The van der Waals surface area contributed by atoms with Crippen LogP contribution in [-0.4, -0.2) is 12.4 Å². The molecular weight excluding hydrogens is 655 g/mol. The zero-order chi connectivity index (χ0) is 30.7. The summed E-state index contributed by atoms with van der Waals surface area (Å²) < 4.78 is 11.8. The Bertz CT molecular complexity index is 510. The molecule has 0 heterocycles. The van der Waals surface area contributed by atoms with E-state index < -0.39 is 5.69 Å². The smallest absolute Gasteiger partial charge is 0.0654 e. The molecule has 253 valence electrons. The van der Waals surface area contributed by atoms with Gasteiger partial charge in [-0.15, -0.1) is 0 Å². The minimum absolute atomic E-state index is 0.775. The minimum Gasteiger partial charge on any atom is -0.0654 e. The van der Waals surface area contributed by atoms with E-state index in [9.17, 15) is 0 Å². The second kappa shape index (κ2) is 37.1. The number of hydrogen-bond donors (Lipinski definition) is 0. The molecule has 6 heteroatoms. The van der Waals surface area contributed by atoms with Crippen LogP contribution in [0.15, 0.2) is 0 Å². The summed E-state index contributed by atoms with van der Waals surface area (Å²) in [7, 11) is 0. The molecule has 0 bridgehead atoms. The van der Waals surface area contributed by atoms with Gasteiger partial charge in [-0.1, -0.05) is 117 Å². The predicted octanol–water partition coefficient (Wildman–Crippen LogP) is 15.0. The Morgan fingerprint density at radius 2 is 0.690 bits per heavy atom. The van der Waals surface area contributed by atoms with Gasteiger partial charge in [0.15, 0.2) is 0 Å². The molecule has 0 fully saturated rings. The van der Waals surface area contributed by atoms with Crippen LogP contribution in [-0.2, 0) is 39.7 Å². The Labute approximate surface area is 286 Å². The van der Waals surface area contributed by atoms with Crippen LogP contribution in [0.2, 0.25) is 0 Å². The molecule has 0 amide bonds. The van der Waals surface area contributed by atoms with E-state index in [-0.39, 0.29) is 0 Å². The summed E-state index contributed by atoms with van der Waals surface area (Å²) in [6.07, 6.45) is 45.0. The summed E-state index contributed by atoms with van der Waals surface area (Å²) in [6.45, 7) is 5.37. The van der Waals surface area contributed by atoms with Crippen LogP contribution in [0.25, 0.3) is 0 Å². The fourth-order valence-electron chi connectivity index (χ4n) is 5.73. The summed E-state index contributed by atoms with van der Waals surface area (Å²) in [5.74, 6) is 1.09. The van der Waals surface area contributed by atoms with E-state index in [1.807, 2.05) is 0 Å². The monoisotopic (exact) mass is 731 g/mol. The summed E-state index contributed by atoms with van der Waals surface area (Å²) in [6, 6.07) is 0. The van der Waals surface area contributed by atoms with Gasteiger partial charge in [-0.25, -0.2) is 0 Å². The van der Waals surface area contributed by atoms with Crippen LogP contribution in [0.3, 0.4) is 0 Å². The molecular formula is C36H74MoO2PS2. The zero-order valence-corrected chi connectivity index (χ0v) is 33.1. The fourth-order valence-corrected chi connectivity index (χ4v) is 10.6. The van der Waals surface area contributed by atoms with Crippen LogP contribution in [0.4, 0.5) is 0 Å². The molecule has 0 aliphatic rings. The molecule has 1 atom stereocenters. The molecule has 0 aromatic heterocycles. The van der Waals surface area contributed by atoms with Gasteiger partial charge in [0.25, 0.3) is 0 Å². The van der Waals surface area contributed by atoms with Crippen molar-refractivity contribution in [3.8, 4) is 0 Å². The van der Waals surface area contributed by atoms with E-state index in [4.69, 9.17) is 19.5 Å². The Morgan fingerprint density at radius 1 is 0.429 bits per heavy atom. The van der Waals surface area contributed by atoms with Gasteiger partial charge in [0.05, 0.1) is 0 Å². The first kappa shape index (κ1) is 43.6. The molecule has 2 nitrogen and oxygen atoms in total. The third-order valence-electron chi connectivity index (χ3n) is 8.59. The number of hydrogen-bond acceptors (Lipinski definition) is 4. The van der Waals surface area contributed by atoms with Crippen molar-refractivity contribution in [2.75, 3.05) is 12.4 Å². The Morgan fingerprint density at radius 3 is 0.976 bits per heavy atom. The molecule has 0 aromatic rings.